The van der Waals surface area contributed by atoms with Crippen LogP contribution >= 0.6 is 11.3 Å². The number of hydrogen-bond donors (Lipinski definition) is 0. The van der Waals surface area contributed by atoms with Gasteiger partial charge in [0.05, 0.1) is 0 Å². The number of hydrogen-bond acceptors (Lipinski definition) is 4. The van der Waals surface area contributed by atoms with Gasteiger partial charge < -0.3 is 4.90 Å². The monoisotopic (exact) mass is 335 g/mol. The molecule has 0 radical (unpaired) electrons. The summed E-state index contributed by atoms with van der Waals surface area (Å²) in [5, 5.41) is 2.38. The zero-order valence-corrected chi connectivity index (χ0v) is 15.9. The molecule has 1 aromatic heterocycles. The standard InChI is InChI=1S/C19H33N3S/c1-16(20(2)3)18-6-10-22(11-7-18)14-19-12-17(15-23-19)13-21-8-4-5-9-21/h12,15-16,18H,4-11,13-14H2,1-3H3. The fraction of sp³-hybridized carbons (Fsp3) is 0.789. The van der Waals surface area contributed by atoms with Crippen molar-refractivity contribution in [3.63, 3.8) is 0 Å². The molecule has 2 fully saturated rings. The summed E-state index contributed by atoms with van der Waals surface area (Å²) in [6.07, 6.45) is 5.48. The number of nitrogens with zero attached hydrogens (tertiary/aromatic N) is 3. The van der Waals surface area contributed by atoms with Crippen molar-refractivity contribution >= 4 is 11.3 Å². The quantitative estimate of drug-likeness (QED) is 0.788. The fourth-order valence-corrected chi connectivity index (χ4v) is 4.95. The van der Waals surface area contributed by atoms with Crippen LogP contribution in [0.3, 0.4) is 0 Å². The Bertz CT molecular complexity index is 471. The summed E-state index contributed by atoms with van der Waals surface area (Å²) < 4.78 is 0. The van der Waals surface area contributed by atoms with Crippen molar-refractivity contribution < 1.29 is 0 Å². The molecule has 3 rings (SSSR count). The number of piperidine rings is 1. The van der Waals surface area contributed by atoms with E-state index in [1.165, 1.54) is 64.0 Å². The van der Waals surface area contributed by atoms with Crippen LogP contribution in [0.4, 0.5) is 0 Å². The maximum Gasteiger partial charge on any atom is 0.0328 e. The van der Waals surface area contributed by atoms with E-state index in [0.29, 0.717) is 6.04 Å². The molecule has 0 N–H and O–H groups in total. The average molecular weight is 336 g/mol. The van der Waals surface area contributed by atoms with Gasteiger partial charge in [0.15, 0.2) is 0 Å². The van der Waals surface area contributed by atoms with Gasteiger partial charge in [-0.3, -0.25) is 9.80 Å². The minimum absolute atomic E-state index is 0.714. The van der Waals surface area contributed by atoms with Gasteiger partial charge in [-0.15, -0.1) is 11.3 Å². The van der Waals surface area contributed by atoms with Crippen LogP contribution in [-0.2, 0) is 13.1 Å². The summed E-state index contributed by atoms with van der Waals surface area (Å²) in [6.45, 7) is 9.83. The third-order valence-corrected chi connectivity index (χ3v) is 6.79. The molecule has 2 aliphatic rings. The molecule has 1 atom stereocenters. The van der Waals surface area contributed by atoms with E-state index >= 15 is 0 Å². The van der Waals surface area contributed by atoms with Crippen LogP contribution in [0.5, 0.6) is 0 Å². The van der Waals surface area contributed by atoms with Crippen molar-refractivity contribution in [1.82, 2.24) is 14.7 Å². The van der Waals surface area contributed by atoms with Crippen LogP contribution < -0.4 is 0 Å². The van der Waals surface area contributed by atoms with Gasteiger partial charge in [0.2, 0.25) is 0 Å². The highest BCUT2D eigenvalue weighted by Gasteiger charge is 2.25. The first-order valence-electron chi connectivity index (χ1n) is 9.29. The Morgan fingerprint density at radius 2 is 1.74 bits per heavy atom. The Balaban J connectivity index is 1.44. The molecule has 0 amide bonds. The number of rotatable bonds is 6. The molecule has 0 spiro atoms. The van der Waals surface area contributed by atoms with Crippen molar-refractivity contribution in [2.75, 3.05) is 40.3 Å². The molecule has 0 bridgehead atoms. The second-order valence-corrected chi connectivity index (χ2v) is 8.72. The van der Waals surface area contributed by atoms with E-state index in [0.717, 1.165) is 12.5 Å². The van der Waals surface area contributed by atoms with Crippen molar-refractivity contribution in [3.05, 3.63) is 21.9 Å². The predicted molar refractivity (Wildman–Crippen MR) is 100.0 cm³/mol. The van der Waals surface area contributed by atoms with Crippen LogP contribution in [-0.4, -0.2) is 61.0 Å². The highest BCUT2D eigenvalue weighted by Crippen LogP contribution is 2.26. The van der Waals surface area contributed by atoms with Gasteiger partial charge in [0.1, 0.15) is 0 Å². The molecular formula is C19H33N3S. The summed E-state index contributed by atoms with van der Waals surface area (Å²) in [4.78, 5) is 9.19. The van der Waals surface area contributed by atoms with Gasteiger partial charge in [0, 0.05) is 24.0 Å². The van der Waals surface area contributed by atoms with Gasteiger partial charge in [-0.1, -0.05) is 0 Å². The van der Waals surface area contributed by atoms with Crippen LogP contribution in [0.1, 0.15) is 43.0 Å². The zero-order chi connectivity index (χ0) is 16.2. The summed E-state index contributed by atoms with van der Waals surface area (Å²) in [6, 6.07) is 3.17. The van der Waals surface area contributed by atoms with E-state index in [4.69, 9.17) is 0 Å². The van der Waals surface area contributed by atoms with Crippen LogP contribution in [0.2, 0.25) is 0 Å². The molecule has 130 valence electrons. The molecule has 0 saturated carbocycles. The number of likely N-dealkylation sites (tertiary alicyclic amines) is 2. The normalized spacial score (nSPS) is 23.0. The topological polar surface area (TPSA) is 9.72 Å². The first-order valence-corrected chi connectivity index (χ1v) is 10.2. The molecule has 2 aliphatic heterocycles. The van der Waals surface area contributed by atoms with E-state index < -0.39 is 0 Å². The Kier molecular flexibility index (Phi) is 6.13. The third-order valence-electron chi connectivity index (χ3n) is 5.82. The minimum Gasteiger partial charge on any atom is -0.306 e. The van der Waals surface area contributed by atoms with Crippen LogP contribution in [0, 0.1) is 5.92 Å². The lowest BCUT2D eigenvalue weighted by molar-refractivity contribution is 0.122. The second-order valence-electron chi connectivity index (χ2n) is 7.72. The fourth-order valence-electron chi connectivity index (χ4n) is 4.03. The lowest BCUT2D eigenvalue weighted by Gasteiger charge is -2.37. The Hall–Kier alpha value is -0.420. The molecular weight excluding hydrogens is 302 g/mol. The molecule has 2 saturated heterocycles. The van der Waals surface area contributed by atoms with Crippen molar-refractivity contribution in [2.45, 2.75) is 51.7 Å². The van der Waals surface area contributed by atoms with Gasteiger partial charge >= 0.3 is 0 Å². The van der Waals surface area contributed by atoms with Gasteiger partial charge in [-0.05, 0) is 95.8 Å². The maximum absolute atomic E-state index is 2.66. The Morgan fingerprint density at radius 1 is 1.09 bits per heavy atom. The predicted octanol–water partition coefficient (Wildman–Crippen LogP) is 3.51. The third kappa shape index (κ3) is 4.79. The first-order chi connectivity index (χ1) is 11.1. The van der Waals surface area contributed by atoms with E-state index in [1.54, 1.807) is 4.88 Å². The molecule has 1 unspecified atom stereocenters. The van der Waals surface area contributed by atoms with Gasteiger partial charge in [-0.2, -0.15) is 0 Å². The highest BCUT2D eigenvalue weighted by atomic mass is 32.1. The van der Waals surface area contributed by atoms with Crippen molar-refractivity contribution in [1.29, 1.82) is 0 Å². The van der Waals surface area contributed by atoms with Crippen molar-refractivity contribution in [3.8, 4) is 0 Å². The van der Waals surface area contributed by atoms with Gasteiger partial charge in [0.25, 0.3) is 0 Å². The Morgan fingerprint density at radius 3 is 2.39 bits per heavy atom. The molecule has 3 nitrogen and oxygen atoms in total. The molecule has 1 aromatic rings. The molecule has 0 aliphatic carbocycles. The smallest absolute Gasteiger partial charge is 0.0328 e. The average Bonchev–Trinajstić information content (AvgIpc) is 3.20. The summed E-state index contributed by atoms with van der Waals surface area (Å²) >= 11 is 1.96. The molecule has 23 heavy (non-hydrogen) atoms. The first kappa shape index (κ1) is 17.4. The minimum atomic E-state index is 0.714. The lowest BCUT2D eigenvalue weighted by atomic mass is 9.90. The van der Waals surface area contributed by atoms with Crippen molar-refractivity contribution in [2.24, 2.45) is 5.92 Å². The Labute approximate surface area is 146 Å². The van der Waals surface area contributed by atoms with Crippen LogP contribution in [0.15, 0.2) is 11.4 Å². The van der Waals surface area contributed by atoms with Crippen LogP contribution in [0.25, 0.3) is 0 Å². The lowest BCUT2D eigenvalue weighted by Crippen LogP contribution is -2.41. The molecule has 0 aromatic carbocycles. The van der Waals surface area contributed by atoms with E-state index in [-0.39, 0.29) is 0 Å². The van der Waals surface area contributed by atoms with Gasteiger partial charge in [-0.25, -0.2) is 0 Å². The number of thiophene rings is 1. The maximum atomic E-state index is 2.66. The zero-order valence-electron chi connectivity index (χ0n) is 15.1. The summed E-state index contributed by atoms with van der Waals surface area (Å²) in [7, 11) is 4.43. The largest absolute Gasteiger partial charge is 0.306 e. The van der Waals surface area contributed by atoms with E-state index in [1.807, 2.05) is 11.3 Å². The van der Waals surface area contributed by atoms with E-state index in [9.17, 15) is 0 Å². The summed E-state index contributed by atoms with van der Waals surface area (Å²) in [5.74, 6) is 0.871. The van der Waals surface area contributed by atoms with E-state index in [2.05, 4.69) is 47.2 Å². The molecule has 3 heterocycles. The second kappa shape index (κ2) is 8.11. The SMILES string of the molecule is CC(C1CCN(Cc2cc(CN3CCCC3)cs2)CC1)N(C)C. The summed E-state index contributed by atoms with van der Waals surface area (Å²) in [5.41, 5.74) is 1.53. The molecule has 4 heteroatoms. The highest BCUT2D eigenvalue weighted by molar-refractivity contribution is 7.10.